The maximum Gasteiger partial charge on any atom is 0.416 e. The predicted octanol–water partition coefficient (Wildman–Crippen LogP) is 6.11. The highest BCUT2D eigenvalue weighted by atomic mass is 19.4. The molecule has 2 aromatic heterocycles. The van der Waals surface area contributed by atoms with E-state index in [0.29, 0.717) is 28.8 Å². The lowest BCUT2D eigenvalue weighted by Crippen LogP contribution is -2.53. The summed E-state index contributed by atoms with van der Waals surface area (Å²) in [6.07, 6.45) is -5.79. The number of nitrogens with zero attached hydrogens (tertiary/aromatic N) is 6. The number of amides is 1. The summed E-state index contributed by atoms with van der Waals surface area (Å²) in [5, 5.41) is 13.5. The number of piperazine rings is 1. The van der Waals surface area contributed by atoms with Crippen LogP contribution >= 0.6 is 0 Å². The number of benzene rings is 2. The Kier molecular flexibility index (Phi) is 9.42. The Labute approximate surface area is 262 Å². The van der Waals surface area contributed by atoms with Crippen molar-refractivity contribution in [3.63, 3.8) is 0 Å². The van der Waals surface area contributed by atoms with E-state index < -0.39 is 30.6 Å². The second kappa shape index (κ2) is 13.3. The van der Waals surface area contributed by atoms with Gasteiger partial charge in [-0.05, 0) is 56.7 Å². The van der Waals surface area contributed by atoms with Crippen molar-refractivity contribution >= 4 is 34.6 Å². The number of carbonyl (C=O) groups is 1. The summed E-state index contributed by atoms with van der Waals surface area (Å²) in [5.41, 5.74) is 1.58. The van der Waals surface area contributed by atoms with Crippen LogP contribution in [0.15, 0.2) is 54.9 Å². The van der Waals surface area contributed by atoms with E-state index >= 15 is 0 Å². The van der Waals surface area contributed by atoms with Crippen LogP contribution in [0.25, 0.3) is 5.82 Å². The van der Waals surface area contributed by atoms with E-state index in [4.69, 9.17) is 0 Å². The molecule has 0 spiro atoms. The topological polar surface area (TPSA) is 103 Å². The molecule has 5 rings (SSSR count). The van der Waals surface area contributed by atoms with Crippen LogP contribution in [0.3, 0.4) is 0 Å². The van der Waals surface area contributed by atoms with Gasteiger partial charge in [0.15, 0.2) is 5.82 Å². The van der Waals surface area contributed by atoms with Crippen molar-refractivity contribution < 1.29 is 26.7 Å². The molecule has 2 aromatic carbocycles. The van der Waals surface area contributed by atoms with Gasteiger partial charge in [0.2, 0.25) is 0 Å². The van der Waals surface area contributed by atoms with Crippen molar-refractivity contribution in [1.29, 1.82) is 0 Å². The molecule has 1 unspecified atom stereocenters. The van der Waals surface area contributed by atoms with E-state index in [1.165, 1.54) is 12.4 Å². The first kappa shape index (κ1) is 32.6. The molecule has 3 N–H and O–H groups in total. The molecule has 3 heterocycles. The van der Waals surface area contributed by atoms with Crippen LogP contribution in [0, 0.1) is 13.8 Å². The molecule has 1 amide bonds. The molecule has 0 saturated carbocycles. The van der Waals surface area contributed by atoms with Gasteiger partial charge in [-0.3, -0.25) is 9.69 Å². The van der Waals surface area contributed by atoms with Gasteiger partial charge in [0, 0.05) is 67.5 Å². The van der Waals surface area contributed by atoms with E-state index in [1.807, 2.05) is 19.9 Å². The Morgan fingerprint density at radius 3 is 2.52 bits per heavy atom. The Bertz CT molecular complexity index is 1710. The molecule has 1 aliphatic rings. The van der Waals surface area contributed by atoms with Crippen LogP contribution in [0.5, 0.6) is 0 Å². The quantitative estimate of drug-likeness (QED) is 0.188. The SMILES string of the molecule is CNc1cc(-n2nc(C)cc2Nc2cc(NC(=O)c3cc(N4CCN(CC(F)F)CC4C)cc(C(F)(F)F)c3)ccc2C)ncn1. The third-order valence-corrected chi connectivity index (χ3v) is 7.66. The summed E-state index contributed by atoms with van der Waals surface area (Å²) in [4.78, 5) is 25.1. The lowest BCUT2D eigenvalue weighted by atomic mass is 10.0. The molecule has 10 nitrogen and oxygen atoms in total. The number of hydrogen-bond acceptors (Lipinski definition) is 8. The third-order valence-electron chi connectivity index (χ3n) is 7.66. The molecule has 1 aliphatic heterocycles. The molecule has 0 radical (unpaired) electrons. The summed E-state index contributed by atoms with van der Waals surface area (Å²) in [7, 11) is 1.74. The van der Waals surface area contributed by atoms with Gasteiger partial charge < -0.3 is 20.9 Å². The zero-order chi connectivity index (χ0) is 33.2. The normalized spacial score (nSPS) is 15.7. The smallest absolute Gasteiger partial charge is 0.373 e. The minimum absolute atomic E-state index is 0.181. The molecule has 1 atom stereocenters. The van der Waals surface area contributed by atoms with Crippen molar-refractivity contribution in [2.24, 2.45) is 0 Å². The number of rotatable bonds is 9. The fourth-order valence-electron chi connectivity index (χ4n) is 5.39. The van der Waals surface area contributed by atoms with E-state index in [0.717, 1.165) is 23.4 Å². The van der Waals surface area contributed by atoms with Gasteiger partial charge in [0.05, 0.1) is 17.8 Å². The summed E-state index contributed by atoms with van der Waals surface area (Å²) < 4.78 is 69.2. The van der Waals surface area contributed by atoms with Gasteiger partial charge in [-0.25, -0.2) is 18.7 Å². The molecule has 46 heavy (non-hydrogen) atoms. The van der Waals surface area contributed by atoms with Crippen LogP contribution in [0.4, 0.5) is 50.6 Å². The monoisotopic (exact) mass is 643 g/mol. The zero-order valence-corrected chi connectivity index (χ0v) is 25.7. The van der Waals surface area contributed by atoms with Gasteiger partial charge >= 0.3 is 6.18 Å². The zero-order valence-electron chi connectivity index (χ0n) is 25.7. The number of carbonyl (C=O) groups excluding carboxylic acids is 1. The number of aryl methyl sites for hydroxylation is 2. The lowest BCUT2D eigenvalue weighted by Gasteiger charge is -2.41. The van der Waals surface area contributed by atoms with E-state index in [-0.39, 0.29) is 36.9 Å². The van der Waals surface area contributed by atoms with Crippen LogP contribution in [0.1, 0.15) is 34.1 Å². The fourth-order valence-corrected chi connectivity index (χ4v) is 5.39. The van der Waals surface area contributed by atoms with Gasteiger partial charge in [0.25, 0.3) is 12.3 Å². The summed E-state index contributed by atoms with van der Waals surface area (Å²) in [6, 6.07) is 11.5. The van der Waals surface area contributed by atoms with E-state index in [2.05, 4.69) is 31.0 Å². The number of halogens is 5. The molecule has 0 bridgehead atoms. The van der Waals surface area contributed by atoms with E-state index in [9.17, 15) is 26.7 Å². The first-order valence-electron chi connectivity index (χ1n) is 14.6. The highest BCUT2D eigenvalue weighted by Gasteiger charge is 2.34. The van der Waals surface area contributed by atoms with Crippen molar-refractivity contribution in [1.82, 2.24) is 24.6 Å². The third kappa shape index (κ3) is 7.53. The van der Waals surface area contributed by atoms with Crippen LogP contribution in [-0.4, -0.2) is 76.2 Å². The molecule has 15 heteroatoms. The molecule has 4 aromatic rings. The van der Waals surface area contributed by atoms with Crippen LogP contribution < -0.4 is 20.9 Å². The largest absolute Gasteiger partial charge is 0.416 e. The molecule has 0 aliphatic carbocycles. The first-order chi connectivity index (χ1) is 21.8. The number of hydrogen-bond donors (Lipinski definition) is 3. The average molecular weight is 644 g/mol. The molecule has 1 saturated heterocycles. The van der Waals surface area contributed by atoms with Gasteiger partial charge in [0.1, 0.15) is 18.0 Å². The highest BCUT2D eigenvalue weighted by Crippen LogP contribution is 2.35. The minimum Gasteiger partial charge on any atom is -0.373 e. The Hall–Kier alpha value is -4.79. The second-order valence-electron chi connectivity index (χ2n) is 11.2. The number of alkyl halides is 5. The summed E-state index contributed by atoms with van der Waals surface area (Å²) in [5.74, 6) is 0.982. The van der Waals surface area contributed by atoms with Gasteiger partial charge in [-0.2, -0.15) is 23.0 Å². The predicted molar refractivity (Wildman–Crippen MR) is 167 cm³/mol. The minimum atomic E-state index is -4.70. The molecular formula is C31H34F5N9O. The average Bonchev–Trinajstić information content (AvgIpc) is 3.37. The van der Waals surface area contributed by atoms with Crippen molar-refractivity contribution in [3.05, 3.63) is 77.2 Å². The van der Waals surface area contributed by atoms with E-state index in [1.54, 1.807) is 52.7 Å². The lowest BCUT2D eigenvalue weighted by molar-refractivity contribution is -0.137. The van der Waals surface area contributed by atoms with Gasteiger partial charge in [-0.15, -0.1) is 0 Å². The van der Waals surface area contributed by atoms with Gasteiger partial charge in [-0.1, -0.05) is 6.07 Å². The molecule has 1 fully saturated rings. The highest BCUT2D eigenvalue weighted by molar-refractivity contribution is 6.05. The number of aromatic nitrogens is 4. The Morgan fingerprint density at radius 1 is 1.04 bits per heavy atom. The fraction of sp³-hybridized carbons (Fsp3) is 0.355. The second-order valence-corrected chi connectivity index (χ2v) is 11.2. The van der Waals surface area contributed by atoms with Crippen molar-refractivity contribution in [3.8, 4) is 5.82 Å². The van der Waals surface area contributed by atoms with Crippen molar-refractivity contribution in [2.45, 2.75) is 39.4 Å². The maximum absolute atomic E-state index is 13.9. The first-order valence-corrected chi connectivity index (χ1v) is 14.6. The number of anilines is 5. The maximum atomic E-state index is 13.9. The van der Waals surface area contributed by atoms with Crippen LogP contribution in [-0.2, 0) is 6.18 Å². The summed E-state index contributed by atoms with van der Waals surface area (Å²) in [6.45, 7) is 5.82. The molecular weight excluding hydrogens is 609 g/mol. The Balaban J connectivity index is 1.39. The number of nitrogens with one attached hydrogen (secondary N) is 3. The molecule has 244 valence electrons. The standard InChI is InChI=1S/C31H34F5N9O/c1-18-5-6-23(13-25(18)41-29-9-19(2)42-45(29)28-14-27(37-4)38-17-39-28)40-30(46)21-10-22(31(34,35)36)12-24(11-21)44-8-7-43(15-20(44)3)16-26(32)33/h5-6,9-14,17,20,26,41H,7-8,15-16H2,1-4H3,(H,40,46)(H,37,38,39). The van der Waals surface area contributed by atoms with Crippen LogP contribution in [0.2, 0.25) is 0 Å². The summed E-state index contributed by atoms with van der Waals surface area (Å²) >= 11 is 0. The van der Waals surface area contributed by atoms with Crippen molar-refractivity contribution in [2.75, 3.05) is 54.1 Å². The Morgan fingerprint density at radius 2 is 1.83 bits per heavy atom.